The van der Waals surface area contributed by atoms with E-state index in [2.05, 4.69) is 15.2 Å². The molecule has 5 rings (SSSR count). The van der Waals surface area contributed by atoms with E-state index in [0.29, 0.717) is 23.6 Å². The lowest BCUT2D eigenvalue weighted by Crippen LogP contribution is -2.36. The van der Waals surface area contributed by atoms with Gasteiger partial charge >= 0.3 is 6.18 Å². The maximum absolute atomic E-state index is 15.0. The van der Waals surface area contributed by atoms with Crippen molar-refractivity contribution in [2.24, 2.45) is 7.05 Å². The van der Waals surface area contributed by atoms with Crippen LogP contribution in [-0.4, -0.2) is 35.0 Å². The molecule has 0 bridgehead atoms. The minimum atomic E-state index is -4.65. The molecule has 1 aromatic carbocycles. The topological polar surface area (TPSA) is 73.8 Å². The summed E-state index contributed by atoms with van der Waals surface area (Å²) in [5.74, 6) is -1.29. The summed E-state index contributed by atoms with van der Waals surface area (Å²) in [6.07, 6.45) is -2.60. The minimum Gasteiger partial charge on any atom is -0.333 e. The zero-order valence-electron chi connectivity index (χ0n) is 20.1. The molecule has 0 unspecified atom stereocenters. The van der Waals surface area contributed by atoms with Crippen molar-refractivity contribution in [3.8, 4) is 22.8 Å². The van der Waals surface area contributed by atoms with E-state index in [-0.39, 0.29) is 42.0 Å². The number of hydrogen-bond acceptors (Lipinski definition) is 4. The molecule has 8 nitrogen and oxygen atoms in total. The number of aryl methyl sites for hydroxylation is 2. The Bertz CT molecular complexity index is 1500. The van der Waals surface area contributed by atoms with Crippen LogP contribution in [0.25, 0.3) is 22.8 Å². The van der Waals surface area contributed by atoms with Gasteiger partial charge in [0.2, 0.25) is 5.91 Å². The van der Waals surface area contributed by atoms with E-state index in [1.54, 1.807) is 10.7 Å². The van der Waals surface area contributed by atoms with Gasteiger partial charge in [-0.05, 0) is 31.5 Å². The Balaban J connectivity index is 1.46. The third-order valence-electron chi connectivity index (χ3n) is 6.14. The largest absolute Gasteiger partial charge is 0.434 e. The summed E-state index contributed by atoms with van der Waals surface area (Å²) < 4.78 is 72.8. The van der Waals surface area contributed by atoms with Crippen molar-refractivity contribution in [2.75, 3.05) is 4.90 Å². The number of carbonyl (C=O) groups is 1. The van der Waals surface area contributed by atoms with Crippen molar-refractivity contribution in [1.82, 2.24) is 29.1 Å². The fourth-order valence-electron chi connectivity index (χ4n) is 4.38. The van der Waals surface area contributed by atoms with Crippen LogP contribution in [0.5, 0.6) is 0 Å². The van der Waals surface area contributed by atoms with Gasteiger partial charge in [-0.1, -0.05) is 6.07 Å². The van der Waals surface area contributed by atoms with Gasteiger partial charge in [-0.15, -0.1) is 0 Å². The summed E-state index contributed by atoms with van der Waals surface area (Å²) in [6, 6.07) is 5.49. The van der Waals surface area contributed by atoms with Crippen LogP contribution in [0.4, 0.5) is 27.8 Å². The SMILES string of the molecule is CC(C)n1ncc(F)c1-c1cc2n(n1)CCC(=O)N2Cc1ccc(-c2nc(C(F)(F)F)cn2C)c(F)c1. The van der Waals surface area contributed by atoms with Crippen molar-refractivity contribution in [3.63, 3.8) is 0 Å². The molecule has 0 saturated heterocycles. The van der Waals surface area contributed by atoms with Crippen LogP contribution in [-0.2, 0) is 31.1 Å². The maximum atomic E-state index is 15.0. The highest BCUT2D eigenvalue weighted by atomic mass is 19.4. The standard InChI is InChI=1S/C24H22F5N7O/c1-13(2)36-22(17(26)10-30-36)18-9-20-34(21(37)6-7-35(20)32-18)11-14-4-5-15(16(25)8-14)23-31-19(12-33(23)3)24(27,28)29/h4-5,8-10,12-13H,6-7,11H2,1-3H3. The van der Waals surface area contributed by atoms with Crippen LogP contribution >= 0.6 is 0 Å². The van der Waals surface area contributed by atoms with E-state index in [0.717, 1.165) is 23.0 Å². The molecule has 1 aliphatic heterocycles. The number of benzene rings is 1. The molecular weight excluding hydrogens is 497 g/mol. The number of imidazole rings is 1. The molecule has 13 heteroatoms. The van der Waals surface area contributed by atoms with Gasteiger partial charge in [0.15, 0.2) is 11.5 Å². The molecule has 3 aromatic heterocycles. The highest BCUT2D eigenvalue weighted by Crippen LogP contribution is 2.34. The number of hydrogen-bond donors (Lipinski definition) is 0. The lowest BCUT2D eigenvalue weighted by molar-refractivity contribution is -0.140. The van der Waals surface area contributed by atoms with Crippen LogP contribution < -0.4 is 4.90 Å². The first-order valence-electron chi connectivity index (χ1n) is 11.4. The maximum Gasteiger partial charge on any atom is 0.434 e. The Labute approximate surface area is 207 Å². The van der Waals surface area contributed by atoms with Crippen LogP contribution in [0, 0.1) is 11.6 Å². The number of halogens is 5. The predicted molar refractivity (Wildman–Crippen MR) is 123 cm³/mol. The molecule has 1 amide bonds. The Morgan fingerprint density at radius 1 is 1.11 bits per heavy atom. The summed E-state index contributed by atoms with van der Waals surface area (Å²) in [4.78, 5) is 17.8. The Morgan fingerprint density at radius 3 is 2.51 bits per heavy atom. The highest BCUT2D eigenvalue weighted by molar-refractivity contribution is 5.94. The molecule has 0 radical (unpaired) electrons. The molecule has 0 saturated carbocycles. The van der Waals surface area contributed by atoms with Gasteiger partial charge in [0, 0.05) is 31.8 Å². The Kier molecular flexibility index (Phi) is 5.88. The number of nitrogens with zero attached hydrogens (tertiary/aromatic N) is 7. The summed E-state index contributed by atoms with van der Waals surface area (Å²) in [5, 5.41) is 8.54. The molecule has 194 valence electrons. The van der Waals surface area contributed by atoms with Crippen molar-refractivity contribution in [2.45, 2.75) is 45.6 Å². The first-order chi connectivity index (χ1) is 17.4. The summed E-state index contributed by atoms with van der Waals surface area (Å²) >= 11 is 0. The summed E-state index contributed by atoms with van der Waals surface area (Å²) in [7, 11) is 1.35. The predicted octanol–water partition coefficient (Wildman–Crippen LogP) is 4.96. The second-order valence-electron chi connectivity index (χ2n) is 9.09. The van der Waals surface area contributed by atoms with Gasteiger partial charge in [-0.25, -0.2) is 18.4 Å². The third-order valence-corrected chi connectivity index (χ3v) is 6.14. The van der Waals surface area contributed by atoms with Crippen molar-refractivity contribution < 1.29 is 26.7 Å². The molecular formula is C24H22F5N7O. The number of aromatic nitrogens is 6. The van der Waals surface area contributed by atoms with Gasteiger partial charge < -0.3 is 4.57 Å². The number of amides is 1. The molecule has 0 N–H and O–H groups in total. The molecule has 4 aromatic rings. The molecule has 4 heterocycles. The lowest BCUT2D eigenvalue weighted by atomic mass is 10.1. The van der Waals surface area contributed by atoms with Gasteiger partial charge in [0.1, 0.15) is 28.8 Å². The van der Waals surface area contributed by atoms with Gasteiger partial charge in [0.25, 0.3) is 0 Å². The molecule has 0 atom stereocenters. The number of anilines is 1. The van der Waals surface area contributed by atoms with Crippen molar-refractivity contribution >= 4 is 11.7 Å². The van der Waals surface area contributed by atoms with Crippen LogP contribution in [0.1, 0.15) is 37.6 Å². The second kappa shape index (κ2) is 8.82. The van der Waals surface area contributed by atoms with E-state index in [9.17, 15) is 22.4 Å². The minimum absolute atomic E-state index is 0.0124. The highest BCUT2D eigenvalue weighted by Gasteiger charge is 2.35. The number of alkyl halides is 3. The van der Waals surface area contributed by atoms with Crippen LogP contribution in [0.15, 0.2) is 36.7 Å². The van der Waals surface area contributed by atoms with Gasteiger partial charge in [0.05, 0.1) is 24.8 Å². The summed E-state index contributed by atoms with van der Waals surface area (Å²) in [6.45, 7) is 4.00. The van der Waals surface area contributed by atoms with Crippen molar-refractivity contribution in [3.05, 3.63) is 59.6 Å². The zero-order valence-corrected chi connectivity index (χ0v) is 20.1. The fourth-order valence-corrected chi connectivity index (χ4v) is 4.38. The van der Waals surface area contributed by atoms with E-state index in [1.807, 2.05) is 13.8 Å². The average Bonchev–Trinajstić information content (AvgIpc) is 3.52. The lowest BCUT2D eigenvalue weighted by Gasteiger charge is -2.27. The number of rotatable bonds is 5. The Morgan fingerprint density at radius 2 is 1.86 bits per heavy atom. The van der Waals surface area contributed by atoms with Crippen LogP contribution in [0.3, 0.4) is 0 Å². The van der Waals surface area contributed by atoms with Gasteiger partial charge in [-0.2, -0.15) is 23.4 Å². The zero-order chi connectivity index (χ0) is 26.6. The third kappa shape index (κ3) is 4.38. The quantitative estimate of drug-likeness (QED) is 0.350. The molecule has 1 aliphatic rings. The Hall–Kier alpha value is -4.03. The first-order valence-corrected chi connectivity index (χ1v) is 11.4. The normalized spacial score (nSPS) is 14.1. The van der Waals surface area contributed by atoms with E-state index in [4.69, 9.17) is 0 Å². The van der Waals surface area contributed by atoms with Gasteiger partial charge in [-0.3, -0.25) is 14.4 Å². The monoisotopic (exact) mass is 519 g/mol. The average molecular weight is 519 g/mol. The first kappa shape index (κ1) is 24.7. The van der Waals surface area contributed by atoms with Crippen molar-refractivity contribution in [1.29, 1.82) is 0 Å². The van der Waals surface area contributed by atoms with E-state index < -0.39 is 23.5 Å². The fraction of sp³-hybridized carbons (Fsp3) is 0.333. The number of fused-ring (bicyclic) bond motifs is 1. The second-order valence-corrected chi connectivity index (χ2v) is 9.09. The molecule has 0 aliphatic carbocycles. The number of carbonyl (C=O) groups excluding carboxylic acids is 1. The molecule has 37 heavy (non-hydrogen) atoms. The smallest absolute Gasteiger partial charge is 0.333 e. The molecule has 0 fully saturated rings. The molecule has 0 spiro atoms. The summed E-state index contributed by atoms with van der Waals surface area (Å²) in [5.41, 5.74) is -0.291. The van der Waals surface area contributed by atoms with E-state index in [1.165, 1.54) is 28.8 Å². The van der Waals surface area contributed by atoms with Crippen LogP contribution in [0.2, 0.25) is 0 Å². The van der Waals surface area contributed by atoms with E-state index >= 15 is 4.39 Å².